The number of likely N-dealkylation sites (N-methyl/N-ethyl adjacent to an activating group) is 1. The minimum atomic E-state index is 0.240. The van der Waals surface area contributed by atoms with Gasteiger partial charge in [-0.05, 0) is 32.0 Å². The maximum atomic E-state index is 6.14. The van der Waals surface area contributed by atoms with Crippen molar-refractivity contribution in [2.75, 3.05) is 20.1 Å². The summed E-state index contributed by atoms with van der Waals surface area (Å²) in [7, 11) is 2.15. The number of unbranched alkanes of at least 4 members (excludes halogenated alkanes) is 1. The molecule has 16 heavy (non-hydrogen) atoms. The molecule has 1 aromatic carbocycles. The number of nitrogens with zero attached hydrogens (tertiary/aromatic N) is 1. The predicted octanol–water partition coefficient (Wildman–Crippen LogP) is 2.29. The van der Waals surface area contributed by atoms with Gasteiger partial charge in [0.2, 0.25) is 0 Å². The van der Waals surface area contributed by atoms with E-state index in [1.54, 1.807) is 0 Å². The van der Waals surface area contributed by atoms with E-state index in [2.05, 4.69) is 43.1 Å². The molecule has 0 radical (unpaired) electrons. The average Bonchev–Trinajstić information content (AvgIpc) is 2.27. The lowest BCUT2D eigenvalue weighted by Gasteiger charge is -2.21. The van der Waals surface area contributed by atoms with Crippen LogP contribution in [-0.2, 0) is 6.42 Å². The van der Waals surface area contributed by atoms with Crippen LogP contribution in [0.1, 0.15) is 25.3 Å². The van der Waals surface area contributed by atoms with Gasteiger partial charge in [-0.1, -0.05) is 43.7 Å². The molecule has 0 fully saturated rings. The third-order valence-electron chi connectivity index (χ3n) is 2.78. The Morgan fingerprint density at radius 1 is 1.25 bits per heavy atom. The maximum absolute atomic E-state index is 6.14. The van der Waals surface area contributed by atoms with Gasteiger partial charge >= 0.3 is 0 Å². The fraction of sp³-hybridized carbons (Fsp3) is 0.571. The molecule has 1 rings (SSSR count). The molecule has 0 bridgehead atoms. The summed E-state index contributed by atoms with van der Waals surface area (Å²) in [5.41, 5.74) is 7.47. The summed E-state index contributed by atoms with van der Waals surface area (Å²) >= 11 is 0. The summed E-state index contributed by atoms with van der Waals surface area (Å²) in [4.78, 5) is 2.33. The standard InChI is InChI=1S/C14H24N2/c1-3-4-10-16(2)12-14(15)11-13-8-6-5-7-9-13/h5-9,14H,3-4,10-12,15H2,1-2H3/t14-/m0/s1. The summed E-state index contributed by atoms with van der Waals surface area (Å²) < 4.78 is 0. The zero-order chi connectivity index (χ0) is 11.8. The summed E-state index contributed by atoms with van der Waals surface area (Å²) in [6.45, 7) is 4.35. The molecule has 2 N–H and O–H groups in total. The number of hydrogen-bond donors (Lipinski definition) is 1. The molecule has 0 heterocycles. The first-order chi connectivity index (χ1) is 7.72. The SMILES string of the molecule is CCCCN(C)C[C@@H](N)Cc1ccccc1. The van der Waals surface area contributed by atoms with E-state index >= 15 is 0 Å². The number of rotatable bonds is 7. The van der Waals surface area contributed by atoms with Gasteiger partial charge in [0.05, 0.1) is 0 Å². The molecular weight excluding hydrogens is 196 g/mol. The molecule has 0 aliphatic rings. The Balaban J connectivity index is 2.27. The van der Waals surface area contributed by atoms with E-state index in [4.69, 9.17) is 5.73 Å². The zero-order valence-corrected chi connectivity index (χ0v) is 10.5. The van der Waals surface area contributed by atoms with Crippen LogP contribution in [0.3, 0.4) is 0 Å². The lowest BCUT2D eigenvalue weighted by molar-refractivity contribution is 0.305. The highest BCUT2D eigenvalue weighted by Gasteiger charge is 2.07. The first kappa shape index (κ1) is 13.2. The molecular formula is C14H24N2. The molecule has 0 aromatic heterocycles. The molecule has 1 aromatic rings. The van der Waals surface area contributed by atoms with Gasteiger partial charge in [0.1, 0.15) is 0 Å². The van der Waals surface area contributed by atoms with Gasteiger partial charge in [-0.3, -0.25) is 0 Å². The van der Waals surface area contributed by atoms with Crippen LogP contribution >= 0.6 is 0 Å². The smallest absolute Gasteiger partial charge is 0.0208 e. The fourth-order valence-electron chi connectivity index (χ4n) is 1.90. The van der Waals surface area contributed by atoms with Gasteiger partial charge in [0.15, 0.2) is 0 Å². The predicted molar refractivity (Wildman–Crippen MR) is 70.5 cm³/mol. The van der Waals surface area contributed by atoms with Crippen LogP contribution in [0, 0.1) is 0 Å². The Morgan fingerprint density at radius 2 is 1.94 bits per heavy atom. The van der Waals surface area contributed by atoms with Gasteiger partial charge in [-0.25, -0.2) is 0 Å². The summed E-state index contributed by atoms with van der Waals surface area (Å²) in [5, 5.41) is 0. The van der Waals surface area contributed by atoms with Gasteiger partial charge in [0, 0.05) is 12.6 Å². The van der Waals surface area contributed by atoms with E-state index in [9.17, 15) is 0 Å². The van der Waals surface area contributed by atoms with Crippen LogP contribution in [0.4, 0.5) is 0 Å². The van der Waals surface area contributed by atoms with Gasteiger partial charge in [-0.15, -0.1) is 0 Å². The van der Waals surface area contributed by atoms with Crippen molar-refractivity contribution in [1.82, 2.24) is 4.90 Å². The molecule has 0 saturated carbocycles. The Hall–Kier alpha value is -0.860. The minimum absolute atomic E-state index is 0.240. The Kier molecular flexibility index (Phi) is 6.12. The van der Waals surface area contributed by atoms with E-state index in [0.717, 1.165) is 19.5 Å². The van der Waals surface area contributed by atoms with Crippen molar-refractivity contribution < 1.29 is 0 Å². The Bertz CT molecular complexity index is 271. The Morgan fingerprint density at radius 3 is 2.56 bits per heavy atom. The van der Waals surface area contributed by atoms with E-state index in [1.807, 2.05) is 6.07 Å². The van der Waals surface area contributed by atoms with Gasteiger partial charge in [0.25, 0.3) is 0 Å². The van der Waals surface area contributed by atoms with Crippen molar-refractivity contribution in [3.63, 3.8) is 0 Å². The quantitative estimate of drug-likeness (QED) is 0.764. The third kappa shape index (κ3) is 5.29. The second kappa shape index (κ2) is 7.42. The van der Waals surface area contributed by atoms with Crippen molar-refractivity contribution in [2.24, 2.45) is 5.73 Å². The monoisotopic (exact) mass is 220 g/mol. The molecule has 0 unspecified atom stereocenters. The van der Waals surface area contributed by atoms with Crippen LogP contribution in [0.5, 0.6) is 0 Å². The van der Waals surface area contributed by atoms with Crippen molar-refractivity contribution in [3.05, 3.63) is 35.9 Å². The highest BCUT2D eigenvalue weighted by Crippen LogP contribution is 2.03. The number of nitrogens with two attached hydrogens (primary N) is 1. The molecule has 2 heteroatoms. The minimum Gasteiger partial charge on any atom is -0.326 e. The molecule has 0 aliphatic carbocycles. The van der Waals surface area contributed by atoms with Gasteiger partial charge < -0.3 is 10.6 Å². The first-order valence-electron chi connectivity index (χ1n) is 6.20. The van der Waals surface area contributed by atoms with Gasteiger partial charge in [-0.2, -0.15) is 0 Å². The summed E-state index contributed by atoms with van der Waals surface area (Å²) in [6.07, 6.45) is 3.48. The van der Waals surface area contributed by atoms with E-state index in [1.165, 1.54) is 18.4 Å². The first-order valence-corrected chi connectivity index (χ1v) is 6.20. The Labute approximate surface area is 99.5 Å². The van der Waals surface area contributed by atoms with Crippen LogP contribution in [0.25, 0.3) is 0 Å². The highest BCUT2D eigenvalue weighted by molar-refractivity contribution is 5.15. The lowest BCUT2D eigenvalue weighted by Crippen LogP contribution is -2.37. The van der Waals surface area contributed by atoms with Crippen LogP contribution in [0.15, 0.2) is 30.3 Å². The normalized spacial score (nSPS) is 13.0. The van der Waals surface area contributed by atoms with E-state index < -0.39 is 0 Å². The second-order valence-electron chi connectivity index (χ2n) is 4.57. The number of hydrogen-bond acceptors (Lipinski definition) is 2. The molecule has 0 aliphatic heterocycles. The van der Waals surface area contributed by atoms with E-state index in [-0.39, 0.29) is 6.04 Å². The van der Waals surface area contributed by atoms with Crippen LogP contribution < -0.4 is 5.73 Å². The topological polar surface area (TPSA) is 29.3 Å². The molecule has 0 spiro atoms. The highest BCUT2D eigenvalue weighted by atomic mass is 15.1. The molecule has 0 amide bonds. The van der Waals surface area contributed by atoms with Crippen molar-refractivity contribution >= 4 is 0 Å². The third-order valence-corrected chi connectivity index (χ3v) is 2.78. The maximum Gasteiger partial charge on any atom is 0.0208 e. The second-order valence-corrected chi connectivity index (χ2v) is 4.57. The van der Waals surface area contributed by atoms with Crippen LogP contribution in [-0.4, -0.2) is 31.1 Å². The zero-order valence-electron chi connectivity index (χ0n) is 10.5. The largest absolute Gasteiger partial charge is 0.326 e. The van der Waals surface area contributed by atoms with Crippen LogP contribution in [0.2, 0.25) is 0 Å². The molecule has 0 saturated heterocycles. The van der Waals surface area contributed by atoms with Crippen molar-refractivity contribution in [3.8, 4) is 0 Å². The van der Waals surface area contributed by atoms with Crippen molar-refractivity contribution in [2.45, 2.75) is 32.2 Å². The summed E-state index contributed by atoms with van der Waals surface area (Å²) in [5.74, 6) is 0. The average molecular weight is 220 g/mol. The summed E-state index contributed by atoms with van der Waals surface area (Å²) in [6, 6.07) is 10.7. The van der Waals surface area contributed by atoms with Crippen molar-refractivity contribution in [1.29, 1.82) is 0 Å². The molecule has 2 nitrogen and oxygen atoms in total. The number of benzene rings is 1. The molecule has 1 atom stereocenters. The van der Waals surface area contributed by atoms with E-state index in [0.29, 0.717) is 0 Å². The fourth-order valence-corrected chi connectivity index (χ4v) is 1.90. The molecule has 90 valence electrons. The lowest BCUT2D eigenvalue weighted by atomic mass is 10.1.